The number of carboxylic acid groups (broad SMARTS) is 1. The van der Waals surface area contributed by atoms with Crippen molar-refractivity contribution in [3.8, 4) is 11.5 Å². The number of hydrogen-bond acceptors (Lipinski definition) is 5. The van der Waals surface area contributed by atoms with Gasteiger partial charge in [0.2, 0.25) is 0 Å². The highest BCUT2D eigenvalue weighted by molar-refractivity contribution is 5.99. The first-order valence-electron chi connectivity index (χ1n) is 14.0. The average Bonchev–Trinajstić information content (AvgIpc) is 3.37. The summed E-state index contributed by atoms with van der Waals surface area (Å²) >= 11 is 0. The number of urea groups is 1. The lowest BCUT2D eigenvalue weighted by molar-refractivity contribution is -0.142. The number of aliphatic carboxylic acids is 1. The molecular formula is C31H42N2O6. The molecule has 2 amide bonds. The van der Waals surface area contributed by atoms with E-state index in [1.165, 1.54) is 12.5 Å². The van der Waals surface area contributed by atoms with E-state index in [0.717, 1.165) is 31.2 Å². The van der Waals surface area contributed by atoms with Gasteiger partial charge in [0.1, 0.15) is 17.1 Å². The lowest BCUT2D eigenvalue weighted by atomic mass is 10.00. The van der Waals surface area contributed by atoms with Gasteiger partial charge in [-0.05, 0) is 83.1 Å². The second-order valence-electron chi connectivity index (χ2n) is 10.1. The third-order valence-corrected chi connectivity index (χ3v) is 7.35. The third-order valence-electron chi connectivity index (χ3n) is 7.35. The largest absolute Gasteiger partial charge is 0.493 e. The molecule has 1 fully saturated rings. The molecule has 2 N–H and O–H groups in total. The van der Waals surface area contributed by atoms with Crippen molar-refractivity contribution in [2.45, 2.75) is 78.3 Å². The van der Waals surface area contributed by atoms with Crippen LogP contribution < -0.4 is 14.8 Å². The zero-order chi connectivity index (χ0) is 28.4. The Kier molecular flexibility index (Phi) is 11.2. The van der Waals surface area contributed by atoms with E-state index in [4.69, 9.17) is 9.47 Å². The molecule has 2 aromatic rings. The number of carboxylic acids is 1. The molecule has 0 radical (unpaired) electrons. The molecule has 0 saturated heterocycles. The summed E-state index contributed by atoms with van der Waals surface area (Å²) in [4.78, 5) is 39.6. The van der Waals surface area contributed by atoms with Crippen molar-refractivity contribution in [2.75, 3.05) is 19.8 Å². The molecule has 8 heteroatoms. The highest BCUT2D eigenvalue weighted by Crippen LogP contribution is 2.36. The number of unbranched alkanes of at least 4 members (excludes halogenated alkanes) is 1. The average molecular weight is 539 g/mol. The number of carbonyl (C=O) groups is 3. The van der Waals surface area contributed by atoms with Crippen LogP contribution in [0, 0.1) is 5.92 Å². The van der Waals surface area contributed by atoms with Crippen molar-refractivity contribution < 1.29 is 29.0 Å². The van der Waals surface area contributed by atoms with Crippen LogP contribution in [0.15, 0.2) is 42.5 Å². The van der Waals surface area contributed by atoms with E-state index < -0.39 is 17.9 Å². The zero-order valence-corrected chi connectivity index (χ0v) is 23.6. The highest BCUT2D eigenvalue weighted by atomic mass is 16.5. The molecule has 8 nitrogen and oxygen atoms in total. The molecule has 3 atom stereocenters. The van der Waals surface area contributed by atoms with Gasteiger partial charge in [-0.1, -0.05) is 36.8 Å². The molecule has 2 aromatic carbocycles. The van der Waals surface area contributed by atoms with Crippen LogP contribution in [0.3, 0.4) is 0 Å². The molecular weight excluding hydrogens is 496 g/mol. The van der Waals surface area contributed by atoms with Crippen LogP contribution in [0.25, 0.3) is 0 Å². The summed E-state index contributed by atoms with van der Waals surface area (Å²) in [7, 11) is 0. The Morgan fingerprint density at radius 1 is 1.03 bits per heavy atom. The fourth-order valence-electron chi connectivity index (χ4n) is 5.31. The van der Waals surface area contributed by atoms with E-state index in [1.807, 2.05) is 51.1 Å². The maximum Gasteiger partial charge on any atom is 0.318 e. The van der Waals surface area contributed by atoms with Crippen molar-refractivity contribution in [3.05, 3.63) is 59.2 Å². The molecule has 1 saturated carbocycles. The quantitative estimate of drug-likeness (QED) is 0.225. The van der Waals surface area contributed by atoms with Crippen LogP contribution in [0.2, 0.25) is 0 Å². The Labute approximate surface area is 231 Å². The molecule has 0 aliphatic heterocycles. The Morgan fingerprint density at radius 2 is 1.67 bits per heavy atom. The topological polar surface area (TPSA) is 105 Å². The molecule has 212 valence electrons. The highest BCUT2D eigenvalue weighted by Gasteiger charge is 2.35. The number of benzene rings is 2. The second-order valence-corrected chi connectivity index (χ2v) is 10.1. The van der Waals surface area contributed by atoms with Gasteiger partial charge in [0.15, 0.2) is 5.78 Å². The van der Waals surface area contributed by atoms with Gasteiger partial charge in [-0.25, -0.2) is 4.79 Å². The van der Waals surface area contributed by atoms with E-state index in [-0.39, 0.29) is 17.9 Å². The summed E-state index contributed by atoms with van der Waals surface area (Å²) in [5, 5.41) is 12.6. The zero-order valence-electron chi connectivity index (χ0n) is 23.6. The molecule has 0 spiro atoms. The number of aryl methyl sites for hydroxylation is 1. The first-order chi connectivity index (χ1) is 18.8. The summed E-state index contributed by atoms with van der Waals surface area (Å²) in [6.45, 7) is 8.38. The van der Waals surface area contributed by atoms with Crippen LogP contribution >= 0.6 is 0 Å². The minimum atomic E-state index is -0.872. The first kappa shape index (κ1) is 30.0. The van der Waals surface area contributed by atoms with Crippen LogP contribution in [0.5, 0.6) is 11.5 Å². The molecule has 0 aromatic heterocycles. The molecule has 0 heterocycles. The third kappa shape index (κ3) is 7.97. The Bertz CT molecular complexity index is 1090. The number of hydrogen-bond donors (Lipinski definition) is 2. The number of amides is 2. The van der Waals surface area contributed by atoms with Crippen molar-refractivity contribution in [1.82, 2.24) is 10.2 Å². The van der Waals surface area contributed by atoms with Crippen molar-refractivity contribution in [2.24, 2.45) is 5.92 Å². The summed E-state index contributed by atoms with van der Waals surface area (Å²) < 4.78 is 11.7. The lowest BCUT2D eigenvalue weighted by Gasteiger charge is -2.32. The Morgan fingerprint density at radius 3 is 2.23 bits per heavy atom. The van der Waals surface area contributed by atoms with E-state index in [2.05, 4.69) is 17.4 Å². The van der Waals surface area contributed by atoms with Crippen molar-refractivity contribution in [1.29, 1.82) is 0 Å². The molecule has 1 aliphatic rings. The van der Waals surface area contributed by atoms with Gasteiger partial charge in [-0.2, -0.15) is 0 Å². The van der Waals surface area contributed by atoms with Crippen molar-refractivity contribution in [3.63, 3.8) is 0 Å². The van der Waals surface area contributed by atoms with Gasteiger partial charge >= 0.3 is 12.0 Å². The number of carbonyl (C=O) groups excluding carboxylic acids is 2. The molecule has 39 heavy (non-hydrogen) atoms. The molecule has 1 aliphatic carbocycles. The summed E-state index contributed by atoms with van der Waals surface area (Å²) in [5.41, 5.74) is 2.43. The lowest BCUT2D eigenvalue weighted by Crippen LogP contribution is -2.48. The van der Waals surface area contributed by atoms with E-state index in [0.29, 0.717) is 49.7 Å². The van der Waals surface area contributed by atoms with Gasteiger partial charge in [0.05, 0.1) is 25.2 Å². The van der Waals surface area contributed by atoms with E-state index >= 15 is 0 Å². The number of nitrogens with zero attached hydrogens (tertiary/aromatic N) is 1. The number of nitrogens with one attached hydrogen (secondary N) is 1. The summed E-state index contributed by atoms with van der Waals surface area (Å²) in [6.07, 6.45) is 4.58. The number of rotatable bonds is 14. The predicted molar refractivity (Wildman–Crippen MR) is 151 cm³/mol. The predicted octanol–water partition coefficient (Wildman–Crippen LogP) is 6.04. The SMILES string of the molecule is CCOc1cc([C@@H](C)N(CCCCc2ccccc2)C(=O)NC2CCC[C@@H]2C(=O)O)cc(OCC)c1C(C)=O. The van der Waals surface area contributed by atoms with Crippen molar-refractivity contribution >= 4 is 17.8 Å². The summed E-state index contributed by atoms with van der Waals surface area (Å²) in [5.74, 6) is -0.735. The van der Waals surface area contributed by atoms with Gasteiger partial charge in [-0.3, -0.25) is 9.59 Å². The minimum Gasteiger partial charge on any atom is -0.493 e. The fraction of sp³-hybridized carbons (Fsp3) is 0.516. The van der Waals surface area contributed by atoms with Gasteiger partial charge in [-0.15, -0.1) is 0 Å². The monoisotopic (exact) mass is 538 g/mol. The van der Waals surface area contributed by atoms with Crippen LogP contribution in [0.1, 0.15) is 87.3 Å². The number of ketones is 1. The molecule has 0 bridgehead atoms. The van der Waals surface area contributed by atoms with Gasteiger partial charge in [0.25, 0.3) is 0 Å². The minimum absolute atomic E-state index is 0.155. The van der Waals surface area contributed by atoms with Crippen LogP contribution in [-0.4, -0.2) is 53.6 Å². The van der Waals surface area contributed by atoms with E-state index in [9.17, 15) is 19.5 Å². The fourth-order valence-corrected chi connectivity index (χ4v) is 5.31. The van der Waals surface area contributed by atoms with Gasteiger partial charge in [0, 0.05) is 12.6 Å². The van der Waals surface area contributed by atoms with E-state index in [1.54, 1.807) is 4.90 Å². The number of ether oxygens (including phenoxy) is 2. The standard InChI is InChI=1S/C31H42N2O6/c1-5-38-27-19-24(20-28(39-6-2)29(27)22(4)34)21(3)33(18-11-10-15-23-13-8-7-9-14-23)31(37)32-26-17-12-16-25(26)30(35)36/h7-9,13-14,19-21,25-26H,5-6,10-12,15-18H2,1-4H3,(H,32,37)(H,35,36)/t21-,25+,26?/m1/s1. The first-order valence-corrected chi connectivity index (χ1v) is 14.0. The second kappa shape index (κ2) is 14.6. The summed E-state index contributed by atoms with van der Waals surface area (Å²) in [6, 6.07) is 12.8. The normalized spacial score (nSPS) is 17.3. The maximum absolute atomic E-state index is 13.6. The smallest absolute Gasteiger partial charge is 0.318 e. The molecule has 1 unspecified atom stereocenters. The molecule has 3 rings (SSSR count). The Hall–Kier alpha value is -3.55. The van der Waals surface area contributed by atoms with Crippen LogP contribution in [-0.2, 0) is 11.2 Å². The number of Topliss-reactive ketones (excluding diaryl/α,β-unsaturated/α-hetero) is 1. The van der Waals surface area contributed by atoms with Crippen LogP contribution in [0.4, 0.5) is 4.79 Å². The van der Waals surface area contributed by atoms with Gasteiger partial charge < -0.3 is 24.8 Å². The maximum atomic E-state index is 13.6. The Balaban J connectivity index is 1.87.